The summed E-state index contributed by atoms with van der Waals surface area (Å²) in [6, 6.07) is 4.09. The first-order valence-electron chi connectivity index (χ1n) is 6.60. The van der Waals surface area contributed by atoms with Gasteiger partial charge in [0.2, 0.25) is 0 Å². The van der Waals surface area contributed by atoms with Crippen LogP contribution in [0.4, 0.5) is 5.69 Å². The van der Waals surface area contributed by atoms with Crippen molar-refractivity contribution in [3.05, 3.63) is 33.8 Å². The minimum absolute atomic E-state index is 0.109. The van der Waals surface area contributed by atoms with Crippen LogP contribution in [0.2, 0.25) is 0 Å². The first-order valence-corrected chi connectivity index (χ1v) is 7.48. The zero-order valence-corrected chi connectivity index (χ0v) is 12.8. The summed E-state index contributed by atoms with van der Waals surface area (Å²) in [5, 5.41) is 11.7. The molecule has 0 atom stereocenters. The van der Waals surface area contributed by atoms with E-state index in [9.17, 15) is 4.79 Å². The standard InChI is InChI=1S/C14H20N4OS/c1-4-9-11(15)12(18-17-9)13(19)16-8-14(2,3)10-6-5-7-20-10/h5-7H,4,8,15H2,1-3H3,(H,16,19)(H,17,18). The second-order valence-corrected chi connectivity index (χ2v) is 6.31. The maximum Gasteiger partial charge on any atom is 0.273 e. The second-order valence-electron chi connectivity index (χ2n) is 5.36. The Morgan fingerprint density at radius 3 is 2.85 bits per heavy atom. The molecule has 5 nitrogen and oxygen atoms in total. The number of amides is 1. The summed E-state index contributed by atoms with van der Waals surface area (Å²) in [7, 11) is 0. The smallest absolute Gasteiger partial charge is 0.273 e. The molecule has 6 heteroatoms. The highest BCUT2D eigenvalue weighted by Gasteiger charge is 2.24. The molecule has 2 aromatic heterocycles. The number of nitrogens with one attached hydrogen (secondary N) is 2. The van der Waals surface area contributed by atoms with Gasteiger partial charge in [0, 0.05) is 16.8 Å². The van der Waals surface area contributed by atoms with Crippen LogP contribution in [0.15, 0.2) is 17.5 Å². The molecule has 0 aliphatic heterocycles. The van der Waals surface area contributed by atoms with Crippen molar-refractivity contribution in [3.8, 4) is 0 Å². The molecule has 0 bridgehead atoms. The third-order valence-corrected chi connectivity index (χ3v) is 4.57. The molecule has 2 rings (SSSR count). The van der Waals surface area contributed by atoms with Crippen LogP contribution in [0.3, 0.4) is 0 Å². The summed E-state index contributed by atoms with van der Waals surface area (Å²) in [4.78, 5) is 13.4. The van der Waals surface area contributed by atoms with Crippen LogP contribution < -0.4 is 11.1 Å². The molecule has 20 heavy (non-hydrogen) atoms. The van der Waals surface area contributed by atoms with Crippen LogP contribution in [0.5, 0.6) is 0 Å². The van der Waals surface area contributed by atoms with Crippen molar-refractivity contribution >= 4 is 22.9 Å². The van der Waals surface area contributed by atoms with Gasteiger partial charge in [-0.25, -0.2) is 0 Å². The predicted octanol–water partition coefficient (Wildman–Crippen LogP) is 2.32. The number of thiophene rings is 1. The molecule has 0 fully saturated rings. The zero-order valence-electron chi connectivity index (χ0n) is 12.0. The van der Waals surface area contributed by atoms with E-state index in [1.165, 1.54) is 4.88 Å². The van der Waals surface area contributed by atoms with E-state index in [1.54, 1.807) is 11.3 Å². The number of aromatic amines is 1. The lowest BCUT2D eigenvalue weighted by Crippen LogP contribution is -2.36. The Balaban J connectivity index is 2.03. The summed E-state index contributed by atoms with van der Waals surface area (Å²) in [5.74, 6) is -0.233. The van der Waals surface area contributed by atoms with Gasteiger partial charge in [-0.05, 0) is 17.9 Å². The molecule has 2 aromatic rings. The first-order chi connectivity index (χ1) is 9.45. The topological polar surface area (TPSA) is 83.8 Å². The minimum Gasteiger partial charge on any atom is -0.395 e. The third kappa shape index (κ3) is 2.85. The van der Waals surface area contributed by atoms with Gasteiger partial charge < -0.3 is 11.1 Å². The lowest BCUT2D eigenvalue weighted by atomic mass is 9.91. The first kappa shape index (κ1) is 14.6. The van der Waals surface area contributed by atoms with Crippen LogP contribution in [-0.2, 0) is 11.8 Å². The number of aryl methyl sites for hydroxylation is 1. The fourth-order valence-electron chi connectivity index (χ4n) is 1.97. The Morgan fingerprint density at radius 2 is 2.30 bits per heavy atom. The lowest BCUT2D eigenvalue weighted by molar-refractivity contribution is 0.0942. The molecule has 4 N–H and O–H groups in total. The lowest BCUT2D eigenvalue weighted by Gasteiger charge is -2.23. The van der Waals surface area contributed by atoms with E-state index in [4.69, 9.17) is 5.73 Å². The van der Waals surface area contributed by atoms with Gasteiger partial charge in [-0.15, -0.1) is 11.3 Å². The maximum absolute atomic E-state index is 12.1. The van der Waals surface area contributed by atoms with Crippen LogP contribution in [0, 0.1) is 0 Å². The van der Waals surface area contributed by atoms with Gasteiger partial charge in [0.15, 0.2) is 5.69 Å². The van der Waals surface area contributed by atoms with Crippen molar-refractivity contribution in [1.82, 2.24) is 15.5 Å². The van der Waals surface area contributed by atoms with Gasteiger partial charge in [0.1, 0.15) is 0 Å². The molecule has 2 heterocycles. The van der Waals surface area contributed by atoms with E-state index >= 15 is 0 Å². The number of anilines is 1. The van der Waals surface area contributed by atoms with E-state index in [1.807, 2.05) is 18.4 Å². The number of carbonyl (C=O) groups is 1. The second kappa shape index (κ2) is 5.66. The summed E-state index contributed by atoms with van der Waals surface area (Å²) >= 11 is 1.69. The van der Waals surface area contributed by atoms with E-state index in [0.717, 1.165) is 12.1 Å². The normalized spacial score (nSPS) is 11.6. The quantitative estimate of drug-likeness (QED) is 0.790. The highest BCUT2D eigenvalue weighted by Crippen LogP contribution is 2.26. The molecule has 0 saturated carbocycles. The molecule has 0 unspecified atom stereocenters. The van der Waals surface area contributed by atoms with Crippen LogP contribution in [0.1, 0.15) is 41.8 Å². The highest BCUT2D eigenvalue weighted by molar-refractivity contribution is 7.10. The zero-order chi connectivity index (χ0) is 14.8. The van der Waals surface area contributed by atoms with E-state index < -0.39 is 0 Å². The fourth-order valence-corrected chi connectivity index (χ4v) is 2.82. The number of hydrogen-bond donors (Lipinski definition) is 3. The van der Waals surface area contributed by atoms with Crippen LogP contribution in [-0.4, -0.2) is 22.6 Å². The molecule has 0 spiro atoms. The molecular weight excluding hydrogens is 272 g/mol. The Labute approximate surface area is 122 Å². The molecule has 0 aliphatic carbocycles. The minimum atomic E-state index is -0.233. The van der Waals surface area contributed by atoms with Crippen molar-refractivity contribution in [2.75, 3.05) is 12.3 Å². The molecule has 0 aliphatic rings. The summed E-state index contributed by atoms with van der Waals surface area (Å²) < 4.78 is 0. The molecule has 0 saturated heterocycles. The van der Waals surface area contributed by atoms with Crippen molar-refractivity contribution in [3.63, 3.8) is 0 Å². The number of carbonyl (C=O) groups excluding carboxylic acids is 1. The number of aromatic nitrogens is 2. The molecule has 0 aromatic carbocycles. The van der Waals surface area contributed by atoms with Gasteiger partial charge in [-0.1, -0.05) is 26.8 Å². The number of nitrogens with two attached hydrogens (primary N) is 1. The molecule has 0 radical (unpaired) electrons. The molecular formula is C14H20N4OS. The van der Waals surface area contributed by atoms with Crippen LogP contribution >= 0.6 is 11.3 Å². The van der Waals surface area contributed by atoms with Gasteiger partial charge in [-0.2, -0.15) is 5.10 Å². The monoisotopic (exact) mass is 292 g/mol. The number of nitrogen functional groups attached to an aromatic ring is 1. The van der Waals surface area contributed by atoms with Crippen LogP contribution in [0.25, 0.3) is 0 Å². The average Bonchev–Trinajstić information content (AvgIpc) is 3.05. The summed E-state index contributed by atoms with van der Waals surface area (Å²) in [6.07, 6.45) is 0.729. The maximum atomic E-state index is 12.1. The summed E-state index contributed by atoms with van der Waals surface area (Å²) in [6.45, 7) is 6.71. The Kier molecular flexibility index (Phi) is 4.13. The van der Waals surface area contributed by atoms with Gasteiger partial charge in [0.25, 0.3) is 5.91 Å². The van der Waals surface area contributed by atoms with Gasteiger partial charge in [0.05, 0.1) is 11.4 Å². The average molecular weight is 292 g/mol. The SMILES string of the molecule is CCc1[nH]nc(C(=O)NCC(C)(C)c2cccs2)c1N. The van der Waals surface area contributed by atoms with Gasteiger partial charge in [-0.3, -0.25) is 9.89 Å². The number of H-pyrrole nitrogens is 1. The van der Waals surface area contributed by atoms with Gasteiger partial charge >= 0.3 is 0 Å². The highest BCUT2D eigenvalue weighted by atomic mass is 32.1. The largest absolute Gasteiger partial charge is 0.395 e. The molecule has 1 amide bonds. The number of hydrogen-bond acceptors (Lipinski definition) is 4. The van der Waals surface area contributed by atoms with E-state index in [-0.39, 0.29) is 17.0 Å². The fraction of sp³-hybridized carbons (Fsp3) is 0.429. The van der Waals surface area contributed by atoms with Crippen molar-refractivity contribution in [2.45, 2.75) is 32.6 Å². The summed E-state index contributed by atoms with van der Waals surface area (Å²) in [5.41, 5.74) is 7.31. The van der Waals surface area contributed by atoms with E-state index in [0.29, 0.717) is 12.2 Å². The third-order valence-electron chi connectivity index (χ3n) is 3.33. The van der Waals surface area contributed by atoms with Crippen molar-refractivity contribution in [2.24, 2.45) is 0 Å². The Hall–Kier alpha value is -1.82. The Morgan fingerprint density at radius 1 is 1.55 bits per heavy atom. The predicted molar refractivity (Wildman–Crippen MR) is 82.1 cm³/mol. The number of nitrogens with zero attached hydrogens (tertiary/aromatic N) is 1. The molecule has 108 valence electrons. The van der Waals surface area contributed by atoms with E-state index in [2.05, 4.69) is 35.4 Å². The van der Waals surface area contributed by atoms with Crippen molar-refractivity contribution < 1.29 is 4.79 Å². The number of rotatable bonds is 5. The van der Waals surface area contributed by atoms with Crippen molar-refractivity contribution in [1.29, 1.82) is 0 Å². The Bertz CT molecular complexity index is 586.